The molecule has 0 saturated carbocycles. The van der Waals surface area contributed by atoms with E-state index in [-0.39, 0.29) is 12.0 Å². The fourth-order valence-corrected chi connectivity index (χ4v) is 1.79. The highest BCUT2D eigenvalue weighted by Crippen LogP contribution is 2.17. The van der Waals surface area contributed by atoms with E-state index in [1.807, 2.05) is 0 Å². The van der Waals surface area contributed by atoms with Gasteiger partial charge in [0.25, 0.3) is 0 Å². The van der Waals surface area contributed by atoms with E-state index in [1.54, 1.807) is 0 Å². The van der Waals surface area contributed by atoms with Gasteiger partial charge in [-0.1, -0.05) is 0 Å². The lowest BCUT2D eigenvalue weighted by Crippen LogP contribution is -2.32. The van der Waals surface area contributed by atoms with Crippen molar-refractivity contribution in [3.8, 4) is 0 Å². The van der Waals surface area contributed by atoms with E-state index in [9.17, 15) is 14.0 Å². The van der Waals surface area contributed by atoms with Gasteiger partial charge in [0.1, 0.15) is 11.9 Å². The summed E-state index contributed by atoms with van der Waals surface area (Å²) in [6.07, 6.45) is -0.0286. The van der Waals surface area contributed by atoms with Crippen LogP contribution >= 0.6 is 0 Å². The zero-order valence-corrected chi connectivity index (χ0v) is 9.31. The van der Waals surface area contributed by atoms with Crippen molar-refractivity contribution in [3.05, 3.63) is 46.0 Å². The summed E-state index contributed by atoms with van der Waals surface area (Å²) in [4.78, 5) is 24.7. The minimum absolute atomic E-state index is 0.0286. The van der Waals surface area contributed by atoms with Gasteiger partial charge in [0.15, 0.2) is 0 Å². The van der Waals surface area contributed by atoms with Gasteiger partial charge in [0.05, 0.1) is 0 Å². The molecule has 5 nitrogen and oxygen atoms in total. The first-order valence-electron chi connectivity index (χ1n) is 5.27. The summed E-state index contributed by atoms with van der Waals surface area (Å²) in [6.45, 7) is 0. The number of rotatable bonds is 3. The van der Waals surface area contributed by atoms with Crippen molar-refractivity contribution in [1.82, 2.24) is 4.98 Å². The van der Waals surface area contributed by atoms with Gasteiger partial charge in [0.2, 0.25) is 5.56 Å². The van der Waals surface area contributed by atoms with Gasteiger partial charge in [-0.05, 0) is 30.2 Å². The number of carbonyl (C=O) groups is 1. The Bertz CT molecular complexity index is 666. The Morgan fingerprint density at radius 2 is 2.17 bits per heavy atom. The number of hydrogen-bond donors (Lipinski definition) is 3. The SMILES string of the molecule is N[C@H](Cc1cc(=O)[nH]c2ccc(F)cc12)C(=O)O. The third-order valence-corrected chi connectivity index (χ3v) is 2.65. The van der Waals surface area contributed by atoms with Crippen molar-refractivity contribution in [2.75, 3.05) is 0 Å². The maximum Gasteiger partial charge on any atom is 0.320 e. The summed E-state index contributed by atoms with van der Waals surface area (Å²) in [5.74, 6) is -1.63. The molecule has 1 heterocycles. The number of carboxylic acid groups (broad SMARTS) is 1. The zero-order valence-electron chi connectivity index (χ0n) is 9.31. The molecular formula is C12H11FN2O3. The maximum absolute atomic E-state index is 13.2. The molecule has 0 saturated heterocycles. The first-order valence-corrected chi connectivity index (χ1v) is 5.27. The van der Waals surface area contributed by atoms with Crippen LogP contribution in [-0.4, -0.2) is 22.1 Å². The number of aliphatic carboxylic acids is 1. The second-order valence-corrected chi connectivity index (χ2v) is 4.00. The number of halogens is 1. The molecule has 6 heteroatoms. The number of benzene rings is 1. The molecule has 0 amide bonds. The van der Waals surface area contributed by atoms with Crippen molar-refractivity contribution in [2.45, 2.75) is 12.5 Å². The van der Waals surface area contributed by atoms with E-state index in [1.165, 1.54) is 24.3 Å². The van der Waals surface area contributed by atoms with Crippen molar-refractivity contribution >= 4 is 16.9 Å². The minimum atomic E-state index is -1.17. The Kier molecular flexibility index (Phi) is 3.12. The number of aromatic amines is 1. The third kappa shape index (κ3) is 2.38. The minimum Gasteiger partial charge on any atom is -0.480 e. The van der Waals surface area contributed by atoms with Crippen LogP contribution in [0.1, 0.15) is 5.56 Å². The molecule has 0 aliphatic heterocycles. The lowest BCUT2D eigenvalue weighted by Gasteiger charge is -2.09. The first-order chi connectivity index (χ1) is 8.47. The third-order valence-electron chi connectivity index (χ3n) is 2.65. The Labute approximate surface area is 101 Å². The van der Waals surface area contributed by atoms with Crippen LogP contribution in [0, 0.1) is 5.82 Å². The van der Waals surface area contributed by atoms with Gasteiger partial charge < -0.3 is 15.8 Å². The Morgan fingerprint density at radius 1 is 1.44 bits per heavy atom. The molecule has 1 aromatic carbocycles. The van der Waals surface area contributed by atoms with E-state index < -0.39 is 17.8 Å². The van der Waals surface area contributed by atoms with E-state index in [0.29, 0.717) is 16.5 Å². The normalized spacial score (nSPS) is 12.6. The standard InChI is InChI=1S/C12H11FN2O3/c13-7-1-2-10-8(5-7)6(4-11(16)15-10)3-9(14)12(17)18/h1-2,4-5,9H,3,14H2,(H,15,16)(H,17,18)/t9-/m1/s1. The molecule has 1 aromatic heterocycles. The highest BCUT2D eigenvalue weighted by molar-refractivity contribution is 5.83. The molecule has 0 fully saturated rings. The average molecular weight is 250 g/mol. The number of pyridine rings is 1. The molecular weight excluding hydrogens is 239 g/mol. The number of hydrogen-bond acceptors (Lipinski definition) is 3. The van der Waals surface area contributed by atoms with Crippen LogP contribution in [-0.2, 0) is 11.2 Å². The Morgan fingerprint density at radius 3 is 2.83 bits per heavy atom. The smallest absolute Gasteiger partial charge is 0.320 e. The number of aromatic nitrogens is 1. The van der Waals surface area contributed by atoms with Crippen molar-refractivity contribution in [1.29, 1.82) is 0 Å². The quantitative estimate of drug-likeness (QED) is 0.744. The summed E-state index contributed by atoms with van der Waals surface area (Å²) in [6, 6.07) is 4.01. The number of fused-ring (bicyclic) bond motifs is 1. The van der Waals surface area contributed by atoms with Crippen LogP contribution in [0.3, 0.4) is 0 Å². The van der Waals surface area contributed by atoms with Crippen LogP contribution < -0.4 is 11.3 Å². The summed E-state index contributed by atoms with van der Waals surface area (Å²) >= 11 is 0. The van der Waals surface area contributed by atoms with Crippen LogP contribution in [0.25, 0.3) is 10.9 Å². The Balaban J connectivity index is 2.57. The molecule has 0 spiro atoms. The molecule has 0 radical (unpaired) electrons. The lowest BCUT2D eigenvalue weighted by molar-refractivity contribution is -0.138. The summed E-state index contributed by atoms with van der Waals surface area (Å²) in [7, 11) is 0. The molecule has 94 valence electrons. The lowest BCUT2D eigenvalue weighted by atomic mass is 10.0. The molecule has 0 unspecified atom stereocenters. The average Bonchev–Trinajstić information content (AvgIpc) is 2.29. The van der Waals surface area contributed by atoms with Crippen LogP contribution in [0.5, 0.6) is 0 Å². The predicted molar refractivity (Wildman–Crippen MR) is 63.8 cm³/mol. The fourth-order valence-electron chi connectivity index (χ4n) is 1.79. The number of H-pyrrole nitrogens is 1. The van der Waals surface area contributed by atoms with Crippen molar-refractivity contribution in [3.63, 3.8) is 0 Å². The Hall–Kier alpha value is -2.21. The van der Waals surface area contributed by atoms with Crippen molar-refractivity contribution < 1.29 is 14.3 Å². The molecule has 18 heavy (non-hydrogen) atoms. The highest BCUT2D eigenvalue weighted by Gasteiger charge is 2.15. The summed E-state index contributed by atoms with van der Waals surface area (Å²) < 4.78 is 13.2. The first kappa shape index (κ1) is 12.3. The molecule has 0 aliphatic rings. The second-order valence-electron chi connectivity index (χ2n) is 4.00. The molecule has 2 rings (SSSR count). The van der Waals surface area contributed by atoms with Gasteiger partial charge in [-0.25, -0.2) is 4.39 Å². The number of nitrogens with two attached hydrogens (primary N) is 1. The van der Waals surface area contributed by atoms with Gasteiger partial charge >= 0.3 is 5.97 Å². The van der Waals surface area contributed by atoms with Crippen molar-refractivity contribution in [2.24, 2.45) is 5.73 Å². The summed E-state index contributed by atoms with van der Waals surface area (Å²) in [5, 5.41) is 9.22. The van der Waals surface area contributed by atoms with E-state index in [0.717, 1.165) is 0 Å². The van der Waals surface area contributed by atoms with E-state index in [4.69, 9.17) is 10.8 Å². The fraction of sp³-hybridized carbons (Fsp3) is 0.167. The second kappa shape index (κ2) is 4.58. The van der Waals surface area contributed by atoms with Crippen LogP contribution in [0.4, 0.5) is 4.39 Å². The highest BCUT2D eigenvalue weighted by atomic mass is 19.1. The topological polar surface area (TPSA) is 96.2 Å². The van der Waals surface area contributed by atoms with Gasteiger partial charge in [-0.3, -0.25) is 9.59 Å². The molecule has 4 N–H and O–H groups in total. The molecule has 0 aliphatic carbocycles. The van der Waals surface area contributed by atoms with E-state index >= 15 is 0 Å². The van der Waals surface area contributed by atoms with E-state index in [2.05, 4.69) is 4.98 Å². The van der Waals surface area contributed by atoms with Crippen LogP contribution in [0.15, 0.2) is 29.1 Å². The maximum atomic E-state index is 13.2. The molecule has 0 bridgehead atoms. The van der Waals surface area contributed by atoms with Gasteiger partial charge in [-0.2, -0.15) is 0 Å². The molecule has 1 atom stereocenters. The number of carboxylic acids is 1. The number of nitrogens with one attached hydrogen (secondary N) is 1. The predicted octanol–water partition coefficient (Wildman–Crippen LogP) is 0.622. The monoisotopic (exact) mass is 250 g/mol. The summed E-state index contributed by atoms with van der Waals surface area (Å²) in [5.41, 5.74) is 5.92. The zero-order chi connectivity index (χ0) is 13.3. The molecule has 2 aromatic rings. The van der Waals surface area contributed by atoms with Gasteiger partial charge in [0, 0.05) is 17.0 Å². The van der Waals surface area contributed by atoms with Crippen LogP contribution in [0.2, 0.25) is 0 Å². The largest absolute Gasteiger partial charge is 0.480 e. The van der Waals surface area contributed by atoms with Gasteiger partial charge in [-0.15, -0.1) is 0 Å².